The SMILES string of the molecule is Cc1ccc(S(=O)(=O)Oc2ccccc2-c2c(C#N)c(N)[nH]c(=O)c2C#N)cc1. The molecule has 3 rings (SSSR count). The second-order valence-electron chi connectivity index (χ2n) is 6.06. The van der Waals surface area contributed by atoms with Crippen LogP contribution in [0.25, 0.3) is 11.1 Å². The minimum atomic E-state index is -4.20. The third-order valence-electron chi connectivity index (χ3n) is 4.13. The van der Waals surface area contributed by atoms with Gasteiger partial charge in [0.25, 0.3) is 5.56 Å². The number of aromatic nitrogens is 1. The summed E-state index contributed by atoms with van der Waals surface area (Å²) in [4.78, 5) is 14.3. The summed E-state index contributed by atoms with van der Waals surface area (Å²) in [6, 6.07) is 15.5. The molecule has 8 nitrogen and oxygen atoms in total. The van der Waals surface area contributed by atoms with E-state index in [-0.39, 0.29) is 38.7 Å². The van der Waals surface area contributed by atoms with Gasteiger partial charge in [0.15, 0.2) is 5.75 Å². The van der Waals surface area contributed by atoms with Crippen molar-refractivity contribution in [1.29, 1.82) is 10.5 Å². The van der Waals surface area contributed by atoms with Crippen LogP contribution >= 0.6 is 0 Å². The van der Waals surface area contributed by atoms with Gasteiger partial charge in [0.2, 0.25) is 0 Å². The molecule has 0 fully saturated rings. The van der Waals surface area contributed by atoms with Gasteiger partial charge in [-0.1, -0.05) is 35.9 Å². The van der Waals surface area contributed by atoms with Gasteiger partial charge < -0.3 is 14.9 Å². The first-order chi connectivity index (χ1) is 13.8. The number of nitrogens with two attached hydrogens (primary N) is 1. The summed E-state index contributed by atoms with van der Waals surface area (Å²) >= 11 is 0. The summed E-state index contributed by atoms with van der Waals surface area (Å²) in [7, 11) is -4.20. The van der Waals surface area contributed by atoms with Crippen LogP contribution in [0.5, 0.6) is 5.75 Å². The lowest BCUT2D eigenvalue weighted by Crippen LogP contribution is -2.17. The fourth-order valence-corrected chi connectivity index (χ4v) is 3.68. The zero-order valence-electron chi connectivity index (χ0n) is 15.1. The molecule has 29 heavy (non-hydrogen) atoms. The van der Waals surface area contributed by atoms with E-state index in [1.807, 2.05) is 13.0 Å². The highest BCUT2D eigenvalue weighted by atomic mass is 32.2. The normalized spacial score (nSPS) is 10.7. The van der Waals surface area contributed by atoms with Crippen molar-refractivity contribution >= 4 is 15.9 Å². The maximum Gasteiger partial charge on any atom is 0.339 e. The van der Waals surface area contributed by atoms with Gasteiger partial charge in [-0.15, -0.1) is 0 Å². The Morgan fingerprint density at radius 3 is 2.24 bits per heavy atom. The van der Waals surface area contributed by atoms with E-state index in [1.54, 1.807) is 24.3 Å². The molecule has 0 amide bonds. The molecular formula is C20H14N4O4S. The van der Waals surface area contributed by atoms with Crippen LogP contribution in [0.1, 0.15) is 16.7 Å². The first kappa shape index (κ1) is 19.7. The fourth-order valence-electron chi connectivity index (χ4n) is 2.73. The second kappa shape index (κ2) is 7.50. The van der Waals surface area contributed by atoms with Crippen molar-refractivity contribution in [2.45, 2.75) is 11.8 Å². The molecule has 0 radical (unpaired) electrons. The summed E-state index contributed by atoms with van der Waals surface area (Å²) in [5.41, 5.74) is 5.26. The number of H-pyrrole nitrogens is 1. The summed E-state index contributed by atoms with van der Waals surface area (Å²) in [6.45, 7) is 1.82. The van der Waals surface area contributed by atoms with Crippen molar-refractivity contribution in [3.63, 3.8) is 0 Å². The number of pyridine rings is 1. The van der Waals surface area contributed by atoms with Crippen LogP contribution in [0.4, 0.5) is 5.82 Å². The van der Waals surface area contributed by atoms with Crippen molar-refractivity contribution in [3.8, 4) is 29.0 Å². The van der Waals surface area contributed by atoms with Gasteiger partial charge in [0, 0.05) is 11.1 Å². The van der Waals surface area contributed by atoms with Crippen molar-refractivity contribution in [3.05, 3.63) is 75.6 Å². The van der Waals surface area contributed by atoms with Crippen LogP contribution in [0, 0.1) is 29.6 Å². The number of nitriles is 2. The third-order valence-corrected chi connectivity index (χ3v) is 5.38. The number of aromatic amines is 1. The molecule has 0 saturated heterocycles. The van der Waals surface area contributed by atoms with E-state index in [1.165, 1.54) is 30.3 Å². The van der Waals surface area contributed by atoms with Crippen molar-refractivity contribution in [2.24, 2.45) is 0 Å². The zero-order valence-corrected chi connectivity index (χ0v) is 15.9. The molecule has 1 aromatic heterocycles. The molecule has 2 aromatic carbocycles. The molecule has 3 N–H and O–H groups in total. The van der Waals surface area contributed by atoms with E-state index in [4.69, 9.17) is 9.92 Å². The first-order valence-corrected chi connectivity index (χ1v) is 9.66. The Bertz CT molecular complexity index is 1350. The molecule has 0 unspecified atom stereocenters. The Morgan fingerprint density at radius 1 is 1.00 bits per heavy atom. The monoisotopic (exact) mass is 406 g/mol. The van der Waals surface area contributed by atoms with Gasteiger partial charge in [0.1, 0.15) is 34.0 Å². The fraction of sp³-hybridized carbons (Fsp3) is 0.0500. The van der Waals surface area contributed by atoms with Crippen molar-refractivity contribution in [1.82, 2.24) is 4.98 Å². The van der Waals surface area contributed by atoms with Crippen LogP contribution in [-0.2, 0) is 10.1 Å². The highest BCUT2D eigenvalue weighted by molar-refractivity contribution is 7.87. The second-order valence-corrected chi connectivity index (χ2v) is 7.61. The first-order valence-electron chi connectivity index (χ1n) is 8.25. The Kier molecular flexibility index (Phi) is 5.09. The largest absolute Gasteiger partial charge is 0.384 e. The molecular weight excluding hydrogens is 392 g/mol. The highest BCUT2D eigenvalue weighted by Crippen LogP contribution is 2.36. The van der Waals surface area contributed by atoms with Crippen LogP contribution in [0.15, 0.2) is 58.2 Å². The number of benzene rings is 2. The van der Waals surface area contributed by atoms with Gasteiger partial charge in [-0.2, -0.15) is 18.9 Å². The summed E-state index contributed by atoms with van der Waals surface area (Å²) < 4.78 is 30.7. The molecule has 0 aliphatic rings. The van der Waals surface area contributed by atoms with Crippen molar-refractivity contribution < 1.29 is 12.6 Å². The average Bonchev–Trinajstić information content (AvgIpc) is 2.68. The Labute approximate surface area is 166 Å². The minimum Gasteiger partial charge on any atom is -0.384 e. The van der Waals surface area contributed by atoms with Crippen LogP contribution in [0.3, 0.4) is 0 Å². The maximum absolute atomic E-state index is 12.7. The number of anilines is 1. The Hall–Kier alpha value is -4.08. The molecule has 0 saturated carbocycles. The predicted molar refractivity (Wildman–Crippen MR) is 105 cm³/mol. The topological polar surface area (TPSA) is 150 Å². The minimum absolute atomic E-state index is 0.0654. The number of nitrogens with one attached hydrogen (secondary N) is 1. The smallest absolute Gasteiger partial charge is 0.339 e. The van der Waals surface area contributed by atoms with Crippen LogP contribution in [0.2, 0.25) is 0 Å². The summed E-state index contributed by atoms with van der Waals surface area (Å²) in [5.74, 6) is -0.381. The lowest BCUT2D eigenvalue weighted by Gasteiger charge is -2.14. The summed E-state index contributed by atoms with van der Waals surface area (Å²) in [5, 5.41) is 18.9. The van der Waals surface area contributed by atoms with E-state index < -0.39 is 15.7 Å². The molecule has 3 aromatic rings. The average molecular weight is 406 g/mol. The molecule has 0 aliphatic heterocycles. The highest BCUT2D eigenvalue weighted by Gasteiger charge is 2.24. The van der Waals surface area contributed by atoms with Crippen LogP contribution in [-0.4, -0.2) is 13.4 Å². The number of nitrogen functional groups attached to an aromatic ring is 1. The molecule has 0 atom stereocenters. The number of para-hydroxylation sites is 1. The van der Waals surface area contributed by atoms with Crippen LogP contribution < -0.4 is 15.5 Å². The standard InChI is InChI=1S/C20H14N4O4S/c1-12-6-8-13(9-7-12)29(26,27)28-17-5-3-2-4-14(17)18-15(10-21)19(23)24-20(25)16(18)11-22/h2-9H,1H3,(H3,23,24,25). The lowest BCUT2D eigenvalue weighted by atomic mass is 9.96. The number of hydrogen-bond acceptors (Lipinski definition) is 7. The molecule has 9 heteroatoms. The maximum atomic E-state index is 12.7. The lowest BCUT2D eigenvalue weighted by molar-refractivity contribution is 0.487. The van der Waals surface area contributed by atoms with Crippen molar-refractivity contribution in [2.75, 3.05) is 5.73 Å². The van der Waals surface area contributed by atoms with E-state index in [2.05, 4.69) is 4.98 Å². The zero-order chi connectivity index (χ0) is 21.2. The van der Waals surface area contributed by atoms with Gasteiger partial charge in [0.05, 0.1) is 0 Å². The Morgan fingerprint density at radius 2 is 1.62 bits per heavy atom. The van der Waals surface area contributed by atoms with E-state index in [0.29, 0.717) is 0 Å². The third kappa shape index (κ3) is 3.68. The Balaban J connectivity index is 2.23. The predicted octanol–water partition coefficient (Wildman–Crippen LogP) is 2.44. The molecule has 1 heterocycles. The van der Waals surface area contributed by atoms with Gasteiger partial charge in [-0.25, -0.2) is 0 Å². The molecule has 144 valence electrons. The summed E-state index contributed by atoms with van der Waals surface area (Å²) in [6.07, 6.45) is 0. The number of hydrogen-bond donors (Lipinski definition) is 2. The quantitative estimate of drug-likeness (QED) is 0.632. The number of nitrogens with zero attached hydrogens (tertiary/aromatic N) is 2. The number of rotatable bonds is 4. The van der Waals surface area contributed by atoms with E-state index in [9.17, 15) is 23.7 Å². The number of aryl methyl sites for hydroxylation is 1. The molecule has 0 spiro atoms. The van der Waals surface area contributed by atoms with Gasteiger partial charge in [-0.3, -0.25) is 4.79 Å². The van der Waals surface area contributed by atoms with Gasteiger partial charge >= 0.3 is 10.1 Å². The molecule has 0 bridgehead atoms. The van der Waals surface area contributed by atoms with Gasteiger partial charge in [-0.05, 0) is 25.1 Å². The van der Waals surface area contributed by atoms with E-state index >= 15 is 0 Å². The molecule has 0 aliphatic carbocycles. The van der Waals surface area contributed by atoms with E-state index in [0.717, 1.165) is 5.56 Å².